The maximum Gasteiger partial charge on any atom is 0.328 e. The molecule has 0 aliphatic carbocycles. The molecule has 0 aliphatic rings. The van der Waals surface area contributed by atoms with Gasteiger partial charge in [0.2, 0.25) is 5.91 Å². The van der Waals surface area contributed by atoms with Gasteiger partial charge in [-0.15, -0.1) is 0 Å². The molecule has 2 N–H and O–H groups in total. The van der Waals surface area contributed by atoms with E-state index in [1.165, 1.54) is 7.11 Å². The number of benzene rings is 1. The first-order valence-electron chi connectivity index (χ1n) is 7.55. The molecule has 130 valence electrons. The molecule has 0 aromatic heterocycles. The topological polar surface area (TPSA) is 106 Å². The van der Waals surface area contributed by atoms with E-state index in [9.17, 15) is 14.4 Å². The quantitative estimate of drug-likeness (QED) is 0.495. The predicted octanol–water partition coefficient (Wildman–Crippen LogP) is 1.25. The lowest BCUT2D eigenvalue weighted by atomic mass is 10.1. The summed E-state index contributed by atoms with van der Waals surface area (Å²) in [6.45, 7) is 1.62. The zero-order valence-corrected chi connectivity index (χ0v) is 13.8. The van der Waals surface area contributed by atoms with E-state index in [1.54, 1.807) is 6.92 Å². The zero-order valence-electron chi connectivity index (χ0n) is 13.8. The van der Waals surface area contributed by atoms with E-state index in [0.29, 0.717) is 6.21 Å². The van der Waals surface area contributed by atoms with Crippen LogP contribution in [0.25, 0.3) is 0 Å². The van der Waals surface area contributed by atoms with Crippen LogP contribution in [0.3, 0.4) is 0 Å². The number of hydrogen-bond donors (Lipinski definition) is 2. The molecule has 0 radical (unpaired) electrons. The second-order valence-electron chi connectivity index (χ2n) is 5.18. The van der Waals surface area contributed by atoms with Crippen LogP contribution >= 0.6 is 0 Å². The highest BCUT2D eigenvalue weighted by Gasteiger charge is 2.25. The van der Waals surface area contributed by atoms with E-state index >= 15 is 0 Å². The van der Waals surface area contributed by atoms with E-state index < -0.39 is 29.8 Å². The number of rotatable bonds is 10. The van der Waals surface area contributed by atoms with E-state index in [4.69, 9.17) is 14.9 Å². The van der Waals surface area contributed by atoms with Crippen molar-refractivity contribution >= 4 is 23.9 Å². The maximum absolute atomic E-state index is 12.2. The number of nitrogens with one attached hydrogen (secondary N) is 2. The Kier molecular flexibility index (Phi) is 8.35. The fraction of sp³-hybridized carbons (Fsp3) is 0.412. The lowest BCUT2D eigenvalue weighted by molar-refractivity contribution is -0.150. The Hall–Kier alpha value is -2.54. The first kappa shape index (κ1) is 19.5. The fourth-order valence-corrected chi connectivity index (χ4v) is 1.83. The van der Waals surface area contributed by atoms with E-state index in [0.717, 1.165) is 5.56 Å². The van der Waals surface area contributed by atoms with Crippen molar-refractivity contribution < 1.29 is 23.9 Å². The highest BCUT2D eigenvalue weighted by molar-refractivity contribution is 6.26. The third kappa shape index (κ3) is 6.70. The van der Waals surface area contributed by atoms with Gasteiger partial charge < -0.3 is 20.2 Å². The third-order valence-electron chi connectivity index (χ3n) is 3.39. The summed E-state index contributed by atoms with van der Waals surface area (Å²) in [5, 5.41) is 9.41. The first-order chi connectivity index (χ1) is 11.5. The SMILES string of the molecule is CO[C@H](C)C(=O)N[C@@H](CCC(=O)C=N)C(=O)OCc1ccccc1. The van der Waals surface area contributed by atoms with Crippen LogP contribution in [0.15, 0.2) is 30.3 Å². The van der Waals surface area contributed by atoms with Crippen LogP contribution in [0.5, 0.6) is 0 Å². The van der Waals surface area contributed by atoms with Crippen molar-refractivity contribution in [1.29, 1.82) is 5.41 Å². The smallest absolute Gasteiger partial charge is 0.328 e. The molecular weight excluding hydrogens is 312 g/mol. The van der Waals surface area contributed by atoms with Gasteiger partial charge in [0, 0.05) is 13.5 Å². The monoisotopic (exact) mass is 334 g/mol. The molecule has 1 amide bonds. The van der Waals surface area contributed by atoms with Gasteiger partial charge in [0.1, 0.15) is 18.8 Å². The van der Waals surface area contributed by atoms with Crippen LogP contribution in [0.1, 0.15) is 25.3 Å². The molecule has 2 atom stereocenters. The van der Waals surface area contributed by atoms with Crippen molar-refractivity contribution in [2.75, 3.05) is 7.11 Å². The Labute approximate surface area is 140 Å². The summed E-state index contributed by atoms with van der Waals surface area (Å²) in [7, 11) is 1.38. The van der Waals surface area contributed by atoms with E-state index in [-0.39, 0.29) is 19.4 Å². The van der Waals surface area contributed by atoms with Crippen LogP contribution in [-0.4, -0.2) is 43.1 Å². The minimum Gasteiger partial charge on any atom is -0.459 e. The van der Waals surface area contributed by atoms with Crippen LogP contribution in [0.4, 0.5) is 0 Å². The summed E-state index contributed by atoms with van der Waals surface area (Å²) >= 11 is 0. The average Bonchev–Trinajstić information content (AvgIpc) is 2.62. The molecule has 7 nitrogen and oxygen atoms in total. The summed E-state index contributed by atoms with van der Waals surface area (Å²) in [6.07, 6.45) is -0.0143. The Morgan fingerprint density at radius 1 is 1.25 bits per heavy atom. The molecule has 24 heavy (non-hydrogen) atoms. The lowest BCUT2D eigenvalue weighted by Gasteiger charge is -2.19. The van der Waals surface area contributed by atoms with Gasteiger partial charge in [-0.3, -0.25) is 9.59 Å². The molecule has 0 saturated heterocycles. The molecule has 0 heterocycles. The maximum atomic E-state index is 12.2. The molecule has 0 aliphatic heterocycles. The van der Waals surface area contributed by atoms with Crippen molar-refractivity contribution in [2.45, 2.75) is 38.5 Å². The van der Waals surface area contributed by atoms with Gasteiger partial charge in [-0.05, 0) is 18.9 Å². The van der Waals surface area contributed by atoms with Crippen molar-refractivity contribution in [2.24, 2.45) is 0 Å². The van der Waals surface area contributed by atoms with Crippen LogP contribution in [0.2, 0.25) is 0 Å². The highest BCUT2D eigenvalue weighted by Crippen LogP contribution is 2.06. The van der Waals surface area contributed by atoms with Crippen molar-refractivity contribution in [3.63, 3.8) is 0 Å². The first-order valence-corrected chi connectivity index (χ1v) is 7.55. The second-order valence-corrected chi connectivity index (χ2v) is 5.18. The van der Waals surface area contributed by atoms with Gasteiger partial charge in [-0.25, -0.2) is 4.79 Å². The van der Waals surface area contributed by atoms with Gasteiger partial charge in [-0.1, -0.05) is 30.3 Å². The van der Waals surface area contributed by atoms with Gasteiger partial charge in [-0.2, -0.15) is 0 Å². The molecule has 0 spiro atoms. The fourth-order valence-electron chi connectivity index (χ4n) is 1.83. The van der Waals surface area contributed by atoms with Crippen molar-refractivity contribution in [3.05, 3.63) is 35.9 Å². The number of methoxy groups -OCH3 is 1. The third-order valence-corrected chi connectivity index (χ3v) is 3.39. The van der Waals surface area contributed by atoms with Gasteiger partial charge in [0.05, 0.1) is 6.21 Å². The zero-order chi connectivity index (χ0) is 17.9. The molecule has 1 rings (SSSR count). The van der Waals surface area contributed by atoms with Crippen LogP contribution in [-0.2, 0) is 30.5 Å². The van der Waals surface area contributed by atoms with E-state index in [2.05, 4.69) is 5.32 Å². The van der Waals surface area contributed by atoms with Crippen molar-refractivity contribution in [1.82, 2.24) is 5.32 Å². The molecule has 0 saturated carbocycles. The predicted molar refractivity (Wildman–Crippen MR) is 87.7 cm³/mol. The molecule has 7 heteroatoms. The molecule has 0 bridgehead atoms. The van der Waals surface area contributed by atoms with Gasteiger partial charge >= 0.3 is 5.97 Å². The van der Waals surface area contributed by atoms with Crippen LogP contribution in [0, 0.1) is 5.41 Å². The number of amides is 1. The summed E-state index contributed by atoms with van der Waals surface area (Å²) in [5.41, 5.74) is 0.816. The average molecular weight is 334 g/mol. The number of carbonyl (C=O) groups is 3. The Balaban J connectivity index is 2.67. The van der Waals surface area contributed by atoms with Gasteiger partial charge in [0.15, 0.2) is 5.78 Å². The number of hydrogen-bond acceptors (Lipinski definition) is 6. The minimum absolute atomic E-state index is 0.0315. The van der Waals surface area contributed by atoms with E-state index in [1.807, 2.05) is 30.3 Å². The number of ketones is 1. The second kappa shape index (κ2) is 10.3. The molecule has 1 aromatic rings. The minimum atomic E-state index is -0.970. The number of ether oxygens (including phenoxy) is 2. The largest absolute Gasteiger partial charge is 0.459 e. The normalized spacial score (nSPS) is 12.8. The number of carbonyl (C=O) groups excluding carboxylic acids is 3. The van der Waals surface area contributed by atoms with Crippen LogP contribution < -0.4 is 5.32 Å². The Bertz CT molecular complexity index is 574. The standard InChI is InChI=1S/C17H22N2O5/c1-12(23-2)16(21)19-15(9-8-14(20)10-18)17(22)24-11-13-6-4-3-5-7-13/h3-7,10,12,15,18H,8-9,11H2,1-2H3,(H,19,21)/t12-,15+/m1/s1. The lowest BCUT2D eigenvalue weighted by Crippen LogP contribution is -2.46. The van der Waals surface area contributed by atoms with Crippen molar-refractivity contribution in [3.8, 4) is 0 Å². The highest BCUT2D eigenvalue weighted by atomic mass is 16.5. The molecular formula is C17H22N2O5. The number of Topliss-reactive ketones (excluding diaryl/α,β-unsaturated/α-hetero) is 1. The molecule has 1 aromatic carbocycles. The van der Waals surface area contributed by atoms with Gasteiger partial charge in [0.25, 0.3) is 0 Å². The Morgan fingerprint density at radius 3 is 2.50 bits per heavy atom. The number of esters is 1. The molecule has 0 unspecified atom stereocenters. The Morgan fingerprint density at radius 2 is 1.92 bits per heavy atom. The summed E-state index contributed by atoms with van der Waals surface area (Å²) in [5.74, 6) is -1.53. The summed E-state index contributed by atoms with van der Waals surface area (Å²) in [6, 6.07) is 8.15. The summed E-state index contributed by atoms with van der Waals surface area (Å²) < 4.78 is 10.1. The summed E-state index contributed by atoms with van der Waals surface area (Å²) in [4.78, 5) is 35.4. The molecule has 0 fully saturated rings.